The van der Waals surface area contributed by atoms with Crippen LogP contribution >= 0.6 is 0 Å². The highest BCUT2D eigenvalue weighted by Crippen LogP contribution is 2.33. The minimum absolute atomic E-state index is 0.0923. The number of nitrogens with zero attached hydrogens (tertiary/aromatic N) is 3. The summed E-state index contributed by atoms with van der Waals surface area (Å²) in [6.07, 6.45) is 6.62. The Hall–Kier alpha value is -3.19. The molecule has 30 heavy (non-hydrogen) atoms. The number of piperidine rings is 1. The van der Waals surface area contributed by atoms with Gasteiger partial charge in [0.2, 0.25) is 0 Å². The number of ether oxygens (including phenoxy) is 2. The zero-order valence-electron chi connectivity index (χ0n) is 17.3. The van der Waals surface area contributed by atoms with Crippen molar-refractivity contribution >= 4 is 0 Å². The molecular weight excluding hydrogens is 380 g/mol. The lowest BCUT2D eigenvalue weighted by molar-refractivity contribution is 0.137. The number of hydrogen-bond acceptors (Lipinski definition) is 6. The molecule has 0 spiro atoms. The number of hydrogen-bond donors (Lipinski definition) is 1. The van der Waals surface area contributed by atoms with E-state index in [-0.39, 0.29) is 11.6 Å². The van der Waals surface area contributed by atoms with E-state index in [0.717, 1.165) is 60.7 Å². The van der Waals surface area contributed by atoms with Gasteiger partial charge in [-0.15, -0.1) is 0 Å². The summed E-state index contributed by atoms with van der Waals surface area (Å²) in [5, 5.41) is 0. The van der Waals surface area contributed by atoms with Gasteiger partial charge in [-0.05, 0) is 49.2 Å². The highest BCUT2D eigenvalue weighted by Gasteiger charge is 2.26. The third-order valence-corrected chi connectivity index (χ3v) is 5.50. The zero-order valence-corrected chi connectivity index (χ0v) is 17.3. The van der Waals surface area contributed by atoms with Crippen molar-refractivity contribution in [2.45, 2.75) is 31.8 Å². The Bertz CT molecular complexity index is 1050. The van der Waals surface area contributed by atoms with Gasteiger partial charge in [0.25, 0.3) is 5.56 Å². The van der Waals surface area contributed by atoms with Crippen molar-refractivity contribution in [3.63, 3.8) is 0 Å². The molecule has 1 atom stereocenters. The predicted molar refractivity (Wildman–Crippen MR) is 115 cm³/mol. The number of nitrogens with one attached hydrogen (secondary N) is 1. The molecule has 0 radical (unpaired) electrons. The van der Waals surface area contributed by atoms with Crippen LogP contribution in [0.4, 0.5) is 0 Å². The Labute approximate surface area is 175 Å². The Morgan fingerprint density at radius 1 is 1.07 bits per heavy atom. The van der Waals surface area contributed by atoms with Crippen LogP contribution < -0.4 is 15.0 Å². The molecule has 3 aromatic rings. The molecule has 1 saturated heterocycles. The first kappa shape index (κ1) is 20.1. The Morgan fingerprint density at radius 3 is 2.63 bits per heavy atom. The van der Waals surface area contributed by atoms with Crippen LogP contribution in [-0.4, -0.2) is 40.6 Å². The highest BCUT2D eigenvalue weighted by atomic mass is 16.5. The quantitative estimate of drug-likeness (QED) is 0.674. The van der Waals surface area contributed by atoms with E-state index in [9.17, 15) is 4.79 Å². The molecule has 2 aromatic heterocycles. The predicted octanol–water partition coefficient (Wildman–Crippen LogP) is 3.58. The van der Waals surface area contributed by atoms with Crippen molar-refractivity contribution in [2.24, 2.45) is 0 Å². The lowest BCUT2D eigenvalue weighted by Gasteiger charge is -2.35. The molecule has 1 N–H and O–H groups in total. The number of rotatable bonds is 6. The standard InChI is InChI=1S/C23H26N4O3/c1-29-20-7-6-16(13-21(20)30-2)15-27-12-4-3-5-19(27)18-14-22(28)26-23(25-18)17-8-10-24-11-9-17/h6-11,13-14,19H,3-5,12,15H2,1-2H3,(H,25,26,28)/t19-/m0/s1. The molecule has 0 bridgehead atoms. The van der Waals surface area contributed by atoms with Crippen molar-refractivity contribution in [3.05, 3.63) is 70.4 Å². The van der Waals surface area contributed by atoms with Crippen LogP contribution in [-0.2, 0) is 6.54 Å². The SMILES string of the molecule is COc1ccc(CN2CCCC[C@H]2c2cc(=O)[nH]c(-c3ccncc3)n2)cc1OC. The fourth-order valence-electron chi connectivity index (χ4n) is 4.02. The average Bonchev–Trinajstić information content (AvgIpc) is 2.79. The third kappa shape index (κ3) is 4.36. The van der Waals surface area contributed by atoms with Crippen LogP contribution in [0.5, 0.6) is 11.5 Å². The van der Waals surface area contributed by atoms with Crippen LogP contribution in [0.15, 0.2) is 53.6 Å². The second-order valence-corrected chi connectivity index (χ2v) is 7.43. The van der Waals surface area contributed by atoms with E-state index in [1.165, 1.54) is 0 Å². The summed E-state index contributed by atoms with van der Waals surface area (Å²) in [4.78, 5) is 26.5. The molecule has 7 nitrogen and oxygen atoms in total. The van der Waals surface area contributed by atoms with E-state index >= 15 is 0 Å². The molecule has 1 aliphatic heterocycles. The van der Waals surface area contributed by atoms with Gasteiger partial charge in [-0.3, -0.25) is 14.7 Å². The zero-order chi connectivity index (χ0) is 20.9. The fraction of sp³-hybridized carbons (Fsp3) is 0.348. The molecule has 0 aliphatic carbocycles. The second-order valence-electron chi connectivity index (χ2n) is 7.43. The largest absolute Gasteiger partial charge is 0.493 e. The van der Waals surface area contributed by atoms with E-state index in [0.29, 0.717) is 5.82 Å². The summed E-state index contributed by atoms with van der Waals surface area (Å²) in [5.74, 6) is 2.02. The Morgan fingerprint density at radius 2 is 1.87 bits per heavy atom. The van der Waals surface area contributed by atoms with Gasteiger partial charge < -0.3 is 14.5 Å². The highest BCUT2D eigenvalue weighted by molar-refractivity contribution is 5.53. The van der Waals surface area contributed by atoms with E-state index in [4.69, 9.17) is 14.5 Å². The molecule has 3 heterocycles. The van der Waals surface area contributed by atoms with Crippen LogP contribution in [0.25, 0.3) is 11.4 Å². The monoisotopic (exact) mass is 406 g/mol. The molecule has 1 aromatic carbocycles. The molecule has 156 valence electrons. The van der Waals surface area contributed by atoms with Crippen molar-refractivity contribution in [1.82, 2.24) is 19.9 Å². The Kier molecular flexibility index (Phi) is 6.09. The minimum atomic E-state index is -0.136. The fourth-order valence-corrected chi connectivity index (χ4v) is 4.02. The number of benzene rings is 1. The normalized spacial score (nSPS) is 16.9. The van der Waals surface area contributed by atoms with Gasteiger partial charge in [0, 0.05) is 30.6 Å². The molecule has 0 saturated carbocycles. The topological polar surface area (TPSA) is 80.3 Å². The first-order valence-corrected chi connectivity index (χ1v) is 10.1. The maximum Gasteiger partial charge on any atom is 0.251 e. The second kappa shape index (κ2) is 9.09. The molecule has 0 amide bonds. The van der Waals surface area contributed by atoms with Gasteiger partial charge in [0.05, 0.1) is 26.0 Å². The molecular formula is C23H26N4O3. The lowest BCUT2D eigenvalue weighted by Crippen LogP contribution is -2.34. The molecule has 4 rings (SSSR count). The maximum absolute atomic E-state index is 12.4. The van der Waals surface area contributed by atoms with Crippen molar-refractivity contribution in [3.8, 4) is 22.9 Å². The van der Waals surface area contributed by atoms with Crippen LogP contribution in [0, 0.1) is 0 Å². The van der Waals surface area contributed by atoms with Crippen molar-refractivity contribution in [2.75, 3.05) is 20.8 Å². The van der Waals surface area contributed by atoms with Crippen LogP contribution in [0.1, 0.15) is 36.6 Å². The van der Waals surface area contributed by atoms with Crippen LogP contribution in [0.3, 0.4) is 0 Å². The number of aromatic amines is 1. The van der Waals surface area contributed by atoms with E-state index in [1.807, 2.05) is 24.3 Å². The van der Waals surface area contributed by atoms with E-state index in [2.05, 4.69) is 20.9 Å². The van der Waals surface area contributed by atoms with E-state index in [1.54, 1.807) is 32.7 Å². The summed E-state index contributed by atoms with van der Waals surface area (Å²) < 4.78 is 10.8. The number of pyridine rings is 1. The van der Waals surface area contributed by atoms with Gasteiger partial charge in [-0.2, -0.15) is 0 Å². The van der Waals surface area contributed by atoms with E-state index < -0.39 is 0 Å². The van der Waals surface area contributed by atoms with Gasteiger partial charge >= 0.3 is 0 Å². The number of methoxy groups -OCH3 is 2. The summed E-state index contributed by atoms with van der Waals surface area (Å²) in [6, 6.07) is 11.4. The first-order valence-electron chi connectivity index (χ1n) is 10.1. The summed E-state index contributed by atoms with van der Waals surface area (Å²) in [7, 11) is 3.28. The van der Waals surface area contributed by atoms with Gasteiger partial charge in [-0.25, -0.2) is 4.98 Å². The molecule has 1 aliphatic rings. The molecule has 1 fully saturated rings. The van der Waals surface area contributed by atoms with Crippen LogP contribution in [0.2, 0.25) is 0 Å². The van der Waals surface area contributed by atoms with Gasteiger partial charge in [0.15, 0.2) is 11.5 Å². The Balaban J connectivity index is 1.63. The smallest absolute Gasteiger partial charge is 0.251 e. The summed E-state index contributed by atoms with van der Waals surface area (Å²) in [6.45, 7) is 1.71. The number of aromatic nitrogens is 3. The van der Waals surface area contributed by atoms with Crippen molar-refractivity contribution < 1.29 is 9.47 Å². The molecule has 0 unspecified atom stereocenters. The van der Waals surface area contributed by atoms with Gasteiger partial charge in [-0.1, -0.05) is 12.5 Å². The number of H-pyrrole nitrogens is 1. The summed E-state index contributed by atoms with van der Waals surface area (Å²) in [5.41, 5.74) is 2.67. The van der Waals surface area contributed by atoms with Crippen molar-refractivity contribution in [1.29, 1.82) is 0 Å². The lowest BCUT2D eigenvalue weighted by atomic mass is 9.98. The average molecular weight is 406 g/mol. The third-order valence-electron chi connectivity index (χ3n) is 5.50. The van der Waals surface area contributed by atoms with Gasteiger partial charge in [0.1, 0.15) is 5.82 Å². The first-order chi connectivity index (χ1) is 14.7. The minimum Gasteiger partial charge on any atom is -0.493 e. The molecule has 7 heteroatoms. The maximum atomic E-state index is 12.4. The summed E-state index contributed by atoms with van der Waals surface area (Å²) >= 11 is 0. The number of likely N-dealkylation sites (tertiary alicyclic amines) is 1.